The van der Waals surface area contributed by atoms with Crippen LogP contribution in [0.25, 0.3) is 10.9 Å². The molecule has 1 aromatic heterocycles. The molecule has 0 atom stereocenters. The largest absolute Gasteiger partial charge is 0.350 e. The Balaban J connectivity index is 1.79. The lowest BCUT2D eigenvalue weighted by Gasteiger charge is -2.29. The third-order valence-electron chi connectivity index (χ3n) is 5.59. The second-order valence-corrected chi connectivity index (χ2v) is 9.85. The predicted octanol–water partition coefficient (Wildman–Crippen LogP) is 1.99. The molecule has 7 nitrogen and oxygen atoms in total. The second-order valence-electron chi connectivity index (χ2n) is 7.69. The maximum absolute atomic E-state index is 13.2. The SMILES string of the molecule is CN(C)S(=O)(=O)c1ccc2c(c1)c(=O)c(C(=O)N1CCc3ccccc3C1)cn2C. The highest BCUT2D eigenvalue weighted by Crippen LogP contribution is 2.22. The van der Waals surface area contributed by atoms with E-state index in [2.05, 4.69) is 6.07 Å². The molecule has 0 radical (unpaired) electrons. The molecule has 1 aliphatic heterocycles. The fourth-order valence-electron chi connectivity index (χ4n) is 3.83. The summed E-state index contributed by atoms with van der Waals surface area (Å²) >= 11 is 0. The minimum Gasteiger partial charge on any atom is -0.350 e. The first-order valence-corrected chi connectivity index (χ1v) is 11.1. The fraction of sp³-hybridized carbons (Fsp3) is 0.273. The van der Waals surface area contributed by atoms with E-state index in [0.29, 0.717) is 18.6 Å². The molecule has 3 aromatic rings. The molecule has 2 aromatic carbocycles. The van der Waals surface area contributed by atoms with E-state index >= 15 is 0 Å². The van der Waals surface area contributed by atoms with Crippen LogP contribution >= 0.6 is 0 Å². The second kappa shape index (κ2) is 7.37. The van der Waals surface area contributed by atoms with Crippen LogP contribution in [0.3, 0.4) is 0 Å². The number of hydrogen-bond donors (Lipinski definition) is 0. The summed E-state index contributed by atoms with van der Waals surface area (Å²) in [5.74, 6) is -0.340. The molecule has 0 spiro atoms. The molecule has 0 N–H and O–H groups in total. The Hall–Kier alpha value is -2.97. The summed E-state index contributed by atoms with van der Waals surface area (Å²) in [5.41, 5.74) is 2.45. The Labute approximate surface area is 175 Å². The van der Waals surface area contributed by atoms with E-state index in [0.717, 1.165) is 16.3 Å². The highest BCUT2D eigenvalue weighted by Gasteiger charge is 2.25. The third-order valence-corrected chi connectivity index (χ3v) is 7.40. The van der Waals surface area contributed by atoms with Gasteiger partial charge in [0.2, 0.25) is 15.5 Å². The van der Waals surface area contributed by atoms with Crippen molar-refractivity contribution in [1.82, 2.24) is 13.8 Å². The minimum absolute atomic E-state index is 0.0219. The lowest BCUT2D eigenvalue weighted by molar-refractivity contribution is 0.0733. The van der Waals surface area contributed by atoms with Crippen molar-refractivity contribution in [3.8, 4) is 0 Å². The van der Waals surface area contributed by atoms with Crippen molar-refractivity contribution in [2.45, 2.75) is 17.9 Å². The Bertz CT molecular complexity index is 1330. The van der Waals surface area contributed by atoms with Crippen LogP contribution in [0, 0.1) is 0 Å². The summed E-state index contributed by atoms with van der Waals surface area (Å²) < 4.78 is 27.8. The van der Waals surface area contributed by atoms with E-state index < -0.39 is 15.5 Å². The Morgan fingerprint density at radius 1 is 1.07 bits per heavy atom. The lowest BCUT2D eigenvalue weighted by Crippen LogP contribution is -2.38. The predicted molar refractivity (Wildman–Crippen MR) is 115 cm³/mol. The van der Waals surface area contributed by atoms with Crippen LogP contribution in [0.5, 0.6) is 0 Å². The number of hydrogen-bond acceptors (Lipinski definition) is 4. The van der Waals surface area contributed by atoms with E-state index in [4.69, 9.17) is 0 Å². The summed E-state index contributed by atoms with van der Waals surface area (Å²) in [6.07, 6.45) is 2.27. The summed E-state index contributed by atoms with van der Waals surface area (Å²) in [4.78, 5) is 28.1. The molecule has 0 unspecified atom stereocenters. The molecule has 0 saturated carbocycles. The van der Waals surface area contributed by atoms with Gasteiger partial charge in [0.25, 0.3) is 5.91 Å². The molecular formula is C22H23N3O4S. The van der Waals surface area contributed by atoms with Gasteiger partial charge in [-0.15, -0.1) is 0 Å². The molecule has 0 saturated heterocycles. The number of sulfonamides is 1. The highest BCUT2D eigenvalue weighted by atomic mass is 32.2. The number of aryl methyl sites for hydroxylation is 1. The number of pyridine rings is 1. The Kier molecular flexibility index (Phi) is 4.99. The molecule has 0 bridgehead atoms. The van der Waals surface area contributed by atoms with Gasteiger partial charge in [0.05, 0.1) is 10.4 Å². The van der Waals surface area contributed by atoms with Gasteiger partial charge in [-0.3, -0.25) is 9.59 Å². The summed E-state index contributed by atoms with van der Waals surface area (Å²) in [6.45, 7) is 0.983. The molecule has 0 fully saturated rings. The number of fused-ring (bicyclic) bond motifs is 2. The fourth-order valence-corrected chi connectivity index (χ4v) is 4.76. The van der Waals surface area contributed by atoms with Gasteiger partial charge in [-0.05, 0) is 35.7 Å². The topological polar surface area (TPSA) is 79.7 Å². The van der Waals surface area contributed by atoms with Crippen molar-refractivity contribution in [1.29, 1.82) is 0 Å². The number of rotatable bonds is 3. The van der Waals surface area contributed by atoms with Crippen LogP contribution in [0.4, 0.5) is 0 Å². The van der Waals surface area contributed by atoms with Crippen molar-refractivity contribution in [2.75, 3.05) is 20.6 Å². The maximum atomic E-state index is 13.2. The van der Waals surface area contributed by atoms with Gasteiger partial charge in [-0.25, -0.2) is 12.7 Å². The molecule has 156 valence electrons. The summed E-state index contributed by atoms with van der Waals surface area (Å²) in [7, 11) is 0.918. The highest BCUT2D eigenvalue weighted by molar-refractivity contribution is 7.89. The molecule has 1 amide bonds. The summed E-state index contributed by atoms with van der Waals surface area (Å²) in [6, 6.07) is 12.4. The molecular weight excluding hydrogens is 402 g/mol. The number of amides is 1. The lowest BCUT2D eigenvalue weighted by atomic mass is 9.99. The van der Waals surface area contributed by atoms with E-state index in [1.807, 2.05) is 18.2 Å². The van der Waals surface area contributed by atoms with E-state index in [1.165, 1.54) is 38.0 Å². The molecule has 8 heteroatoms. The number of nitrogens with zero attached hydrogens (tertiary/aromatic N) is 3. The number of aromatic nitrogens is 1. The van der Waals surface area contributed by atoms with Gasteiger partial charge < -0.3 is 9.47 Å². The van der Waals surface area contributed by atoms with Crippen LogP contribution < -0.4 is 5.43 Å². The first kappa shape index (κ1) is 20.3. The van der Waals surface area contributed by atoms with Crippen LogP contribution in [-0.2, 0) is 30.0 Å². The standard InChI is InChI=1S/C22H23N3O4S/c1-23(2)30(28,29)17-8-9-20-18(12-17)21(26)19(14-24(20)3)22(27)25-11-10-15-6-4-5-7-16(15)13-25/h4-9,12,14H,10-11,13H2,1-3H3. The average Bonchev–Trinajstić information content (AvgIpc) is 2.74. The molecule has 0 aliphatic carbocycles. The van der Waals surface area contributed by atoms with E-state index in [9.17, 15) is 18.0 Å². The van der Waals surface area contributed by atoms with E-state index in [1.54, 1.807) is 22.6 Å². The van der Waals surface area contributed by atoms with Crippen molar-refractivity contribution in [2.24, 2.45) is 7.05 Å². The number of benzene rings is 2. The smallest absolute Gasteiger partial charge is 0.259 e. The zero-order valence-corrected chi connectivity index (χ0v) is 17.9. The quantitative estimate of drug-likeness (QED) is 0.643. The Morgan fingerprint density at radius 2 is 1.77 bits per heavy atom. The first-order chi connectivity index (χ1) is 14.2. The third kappa shape index (κ3) is 3.32. The van der Waals surface area contributed by atoms with Gasteiger partial charge in [0.1, 0.15) is 5.56 Å². The van der Waals surface area contributed by atoms with Gasteiger partial charge in [0, 0.05) is 45.8 Å². The Morgan fingerprint density at radius 3 is 2.47 bits per heavy atom. The van der Waals surface area contributed by atoms with Gasteiger partial charge >= 0.3 is 0 Å². The minimum atomic E-state index is -3.70. The van der Waals surface area contributed by atoms with Crippen LogP contribution in [0.1, 0.15) is 21.5 Å². The normalized spacial score (nSPS) is 14.2. The van der Waals surface area contributed by atoms with E-state index in [-0.39, 0.29) is 21.8 Å². The number of carbonyl (C=O) groups is 1. The summed E-state index contributed by atoms with van der Waals surface area (Å²) in [5, 5.41) is 0.212. The number of carbonyl (C=O) groups excluding carboxylic acids is 1. The van der Waals surface area contributed by atoms with Crippen LogP contribution in [-0.4, -0.2) is 48.7 Å². The van der Waals surface area contributed by atoms with Gasteiger partial charge in [-0.1, -0.05) is 24.3 Å². The first-order valence-electron chi connectivity index (χ1n) is 9.62. The van der Waals surface area contributed by atoms with Crippen molar-refractivity contribution in [3.63, 3.8) is 0 Å². The zero-order chi connectivity index (χ0) is 21.6. The molecule has 30 heavy (non-hydrogen) atoms. The molecule has 2 heterocycles. The maximum Gasteiger partial charge on any atom is 0.259 e. The van der Waals surface area contributed by atoms with Crippen LogP contribution in [0.2, 0.25) is 0 Å². The average molecular weight is 426 g/mol. The monoisotopic (exact) mass is 425 g/mol. The molecule has 1 aliphatic rings. The molecule has 4 rings (SSSR count). The van der Waals surface area contributed by atoms with Crippen LogP contribution in [0.15, 0.2) is 58.4 Å². The van der Waals surface area contributed by atoms with Gasteiger partial charge in [-0.2, -0.15) is 0 Å². The zero-order valence-electron chi connectivity index (χ0n) is 17.1. The van der Waals surface area contributed by atoms with Crippen molar-refractivity contribution >= 4 is 26.8 Å². The van der Waals surface area contributed by atoms with Crippen molar-refractivity contribution in [3.05, 3.63) is 75.6 Å². The van der Waals surface area contributed by atoms with Gasteiger partial charge in [0.15, 0.2) is 0 Å². The van der Waals surface area contributed by atoms with Crippen molar-refractivity contribution < 1.29 is 13.2 Å².